The van der Waals surface area contributed by atoms with Crippen LogP contribution in [-0.4, -0.2) is 41.4 Å². The fourth-order valence-electron chi connectivity index (χ4n) is 4.04. The van der Waals surface area contributed by atoms with Crippen molar-refractivity contribution in [3.63, 3.8) is 0 Å². The van der Waals surface area contributed by atoms with E-state index in [0.717, 1.165) is 29.9 Å². The van der Waals surface area contributed by atoms with E-state index in [1.165, 1.54) is 6.07 Å². The van der Waals surface area contributed by atoms with Crippen molar-refractivity contribution in [2.45, 2.75) is 63.1 Å². The number of imide groups is 1. The third-order valence-corrected chi connectivity index (χ3v) is 5.96. The lowest BCUT2D eigenvalue weighted by Gasteiger charge is -2.26. The molecule has 1 heterocycles. The number of hydrogen-bond donors (Lipinski definition) is 2. The zero-order chi connectivity index (χ0) is 22.2. The summed E-state index contributed by atoms with van der Waals surface area (Å²) in [5.41, 5.74) is -1.82. The van der Waals surface area contributed by atoms with Crippen molar-refractivity contribution < 1.29 is 27.6 Å². The fourth-order valence-corrected chi connectivity index (χ4v) is 4.04. The van der Waals surface area contributed by atoms with Crippen LogP contribution in [0.25, 0.3) is 0 Å². The van der Waals surface area contributed by atoms with Crippen LogP contribution in [0.1, 0.15) is 57.1 Å². The Labute approximate surface area is 173 Å². The number of rotatable bonds is 6. The molecule has 1 spiro atoms. The Morgan fingerprint density at radius 1 is 1.17 bits per heavy atom. The third kappa shape index (κ3) is 4.44. The number of carbonyl (C=O) groups is 3. The first-order valence-electron chi connectivity index (χ1n) is 10.0. The van der Waals surface area contributed by atoms with Crippen LogP contribution in [0.2, 0.25) is 0 Å². The molecule has 0 atom stereocenters. The number of carbonyl (C=O) groups excluding carboxylic acids is 3. The van der Waals surface area contributed by atoms with Gasteiger partial charge in [-0.25, -0.2) is 4.79 Å². The molecule has 0 aromatic heterocycles. The maximum atomic E-state index is 13.0. The minimum Gasteiger partial charge on any atom is -0.355 e. The van der Waals surface area contributed by atoms with Gasteiger partial charge in [0.2, 0.25) is 5.91 Å². The maximum absolute atomic E-state index is 13.0. The van der Waals surface area contributed by atoms with Gasteiger partial charge in [0, 0.05) is 24.9 Å². The standard InChI is InChI=1S/C21H26F3N3O3/c1-19(2,14-6-5-7-15(12-14)21(22,23)24)13-25-16(28)8-11-27-17(29)20(26-18(27)30)9-3-4-10-20/h5-7,12H,3-4,8-11,13H2,1-2H3,(H,25,28)(H,26,30). The molecule has 1 saturated heterocycles. The molecule has 1 aliphatic carbocycles. The zero-order valence-corrected chi connectivity index (χ0v) is 17.1. The lowest BCUT2D eigenvalue weighted by Crippen LogP contribution is -2.44. The van der Waals surface area contributed by atoms with E-state index >= 15 is 0 Å². The molecule has 2 fully saturated rings. The SMILES string of the molecule is CC(C)(CNC(=O)CCN1C(=O)NC2(CCCC2)C1=O)c1cccc(C(F)(F)F)c1. The van der Waals surface area contributed by atoms with Crippen molar-refractivity contribution in [2.24, 2.45) is 0 Å². The molecule has 1 aliphatic heterocycles. The molecule has 0 radical (unpaired) electrons. The van der Waals surface area contributed by atoms with Gasteiger partial charge in [0.05, 0.1) is 5.56 Å². The van der Waals surface area contributed by atoms with Gasteiger partial charge in [-0.1, -0.05) is 44.9 Å². The second-order valence-corrected chi connectivity index (χ2v) is 8.67. The van der Waals surface area contributed by atoms with Gasteiger partial charge in [0.15, 0.2) is 0 Å². The lowest BCUT2D eigenvalue weighted by atomic mass is 9.83. The van der Waals surface area contributed by atoms with E-state index in [-0.39, 0.29) is 31.3 Å². The van der Waals surface area contributed by atoms with Crippen LogP contribution in [0.4, 0.5) is 18.0 Å². The second kappa shape index (κ2) is 7.92. The number of nitrogens with one attached hydrogen (secondary N) is 2. The quantitative estimate of drug-likeness (QED) is 0.686. The van der Waals surface area contributed by atoms with Gasteiger partial charge >= 0.3 is 12.2 Å². The Kier molecular flexibility index (Phi) is 5.84. The Bertz CT molecular complexity index is 845. The number of halogens is 3. The second-order valence-electron chi connectivity index (χ2n) is 8.67. The molecule has 4 amide bonds. The zero-order valence-electron chi connectivity index (χ0n) is 17.1. The van der Waals surface area contributed by atoms with Crippen LogP contribution in [0.3, 0.4) is 0 Å². The Hall–Kier alpha value is -2.58. The summed E-state index contributed by atoms with van der Waals surface area (Å²) in [7, 11) is 0. The number of urea groups is 1. The Balaban J connectivity index is 1.54. The van der Waals surface area contributed by atoms with Gasteiger partial charge < -0.3 is 10.6 Å². The summed E-state index contributed by atoms with van der Waals surface area (Å²) in [6.07, 6.45) is -1.50. The summed E-state index contributed by atoms with van der Waals surface area (Å²) in [6, 6.07) is 4.56. The van der Waals surface area contributed by atoms with E-state index in [9.17, 15) is 27.6 Å². The van der Waals surface area contributed by atoms with Gasteiger partial charge in [-0.3, -0.25) is 14.5 Å². The molecule has 3 rings (SSSR count). The number of hydrogen-bond acceptors (Lipinski definition) is 3. The van der Waals surface area contributed by atoms with Gasteiger partial charge in [0.1, 0.15) is 5.54 Å². The topological polar surface area (TPSA) is 78.5 Å². The summed E-state index contributed by atoms with van der Waals surface area (Å²) >= 11 is 0. The van der Waals surface area contributed by atoms with Crippen molar-refractivity contribution in [3.8, 4) is 0 Å². The summed E-state index contributed by atoms with van der Waals surface area (Å²) in [5, 5.41) is 5.47. The monoisotopic (exact) mass is 425 g/mol. The minimum atomic E-state index is -4.44. The van der Waals surface area contributed by atoms with Crippen molar-refractivity contribution in [1.29, 1.82) is 0 Å². The van der Waals surface area contributed by atoms with Crippen LogP contribution in [0, 0.1) is 0 Å². The van der Waals surface area contributed by atoms with Crippen molar-refractivity contribution in [2.75, 3.05) is 13.1 Å². The van der Waals surface area contributed by atoms with Crippen molar-refractivity contribution >= 4 is 17.8 Å². The van der Waals surface area contributed by atoms with E-state index in [1.807, 2.05) is 0 Å². The summed E-state index contributed by atoms with van der Waals surface area (Å²) < 4.78 is 38.9. The van der Waals surface area contributed by atoms with Crippen LogP contribution >= 0.6 is 0 Å². The average molecular weight is 425 g/mol. The van der Waals surface area contributed by atoms with Crippen LogP contribution < -0.4 is 10.6 Å². The van der Waals surface area contributed by atoms with E-state index in [2.05, 4.69) is 10.6 Å². The van der Waals surface area contributed by atoms with Gasteiger partial charge in [-0.2, -0.15) is 13.2 Å². The molecule has 6 nitrogen and oxygen atoms in total. The molecular formula is C21H26F3N3O3. The molecule has 164 valence electrons. The molecular weight excluding hydrogens is 399 g/mol. The van der Waals surface area contributed by atoms with E-state index in [4.69, 9.17) is 0 Å². The lowest BCUT2D eigenvalue weighted by molar-refractivity contribution is -0.137. The van der Waals surface area contributed by atoms with E-state index < -0.39 is 28.7 Å². The van der Waals surface area contributed by atoms with Crippen LogP contribution in [-0.2, 0) is 21.2 Å². The first kappa shape index (κ1) is 22.1. The van der Waals surface area contributed by atoms with E-state index in [0.29, 0.717) is 18.4 Å². The predicted molar refractivity (Wildman–Crippen MR) is 104 cm³/mol. The average Bonchev–Trinajstić information content (AvgIpc) is 3.23. The summed E-state index contributed by atoms with van der Waals surface area (Å²) in [4.78, 5) is 38.1. The highest BCUT2D eigenvalue weighted by Gasteiger charge is 2.52. The minimum absolute atomic E-state index is 0.0256. The number of nitrogens with zero attached hydrogens (tertiary/aromatic N) is 1. The highest BCUT2D eigenvalue weighted by molar-refractivity contribution is 6.07. The third-order valence-electron chi connectivity index (χ3n) is 5.96. The normalized spacial score (nSPS) is 18.8. The maximum Gasteiger partial charge on any atom is 0.416 e. The van der Waals surface area contributed by atoms with Crippen LogP contribution in [0.5, 0.6) is 0 Å². The molecule has 30 heavy (non-hydrogen) atoms. The fraction of sp³-hybridized carbons (Fsp3) is 0.571. The number of amides is 4. The van der Waals surface area contributed by atoms with Crippen molar-refractivity contribution in [3.05, 3.63) is 35.4 Å². The van der Waals surface area contributed by atoms with Gasteiger partial charge in [-0.15, -0.1) is 0 Å². The summed E-state index contributed by atoms with van der Waals surface area (Å²) in [6.45, 7) is 3.58. The van der Waals surface area contributed by atoms with Gasteiger partial charge in [-0.05, 0) is 24.5 Å². The molecule has 2 N–H and O–H groups in total. The highest BCUT2D eigenvalue weighted by atomic mass is 19.4. The molecule has 2 aliphatic rings. The largest absolute Gasteiger partial charge is 0.416 e. The summed E-state index contributed by atoms with van der Waals surface area (Å²) in [5.74, 6) is -0.648. The number of benzene rings is 1. The first-order chi connectivity index (χ1) is 13.9. The molecule has 9 heteroatoms. The molecule has 1 aromatic carbocycles. The van der Waals surface area contributed by atoms with E-state index in [1.54, 1.807) is 19.9 Å². The van der Waals surface area contributed by atoms with Gasteiger partial charge in [0.25, 0.3) is 5.91 Å². The highest BCUT2D eigenvalue weighted by Crippen LogP contribution is 2.35. The van der Waals surface area contributed by atoms with Crippen LogP contribution in [0.15, 0.2) is 24.3 Å². The predicted octanol–water partition coefficient (Wildman–Crippen LogP) is 3.35. The Morgan fingerprint density at radius 3 is 2.43 bits per heavy atom. The molecule has 0 unspecified atom stereocenters. The first-order valence-corrected chi connectivity index (χ1v) is 10.0. The number of alkyl halides is 3. The Morgan fingerprint density at radius 2 is 1.80 bits per heavy atom. The van der Waals surface area contributed by atoms with Crippen molar-refractivity contribution in [1.82, 2.24) is 15.5 Å². The molecule has 1 saturated carbocycles. The molecule has 1 aromatic rings. The smallest absolute Gasteiger partial charge is 0.355 e. The molecule has 0 bridgehead atoms.